The molecular weight excluding hydrogens is 699 g/mol. The van der Waals surface area contributed by atoms with Crippen molar-refractivity contribution in [1.82, 2.24) is 15.0 Å². The lowest BCUT2D eigenvalue weighted by atomic mass is 9.94. The van der Waals surface area contributed by atoms with Gasteiger partial charge in [0.05, 0.1) is 0 Å². The average molecular weight is 738 g/mol. The molecule has 0 atom stereocenters. The minimum absolute atomic E-state index is 0.611. The Morgan fingerprint density at radius 2 is 1.28 bits per heavy atom. The third kappa shape index (κ3) is 6.78. The SMILES string of the molecule is C=CCCCc1cc2cccc(-c3cc(-c4ccccc4)cc(-c4nc(C5=CC(c6ccccc6)=CCC5)nc(-c5ccc6oc7ccccc7c6c5)n4)c3)c2o1. The molecule has 0 bridgehead atoms. The highest BCUT2D eigenvalue weighted by molar-refractivity contribution is 6.06. The van der Waals surface area contributed by atoms with Gasteiger partial charge in [0, 0.05) is 39.3 Å². The van der Waals surface area contributed by atoms with E-state index in [2.05, 4.69) is 128 Å². The van der Waals surface area contributed by atoms with E-state index in [9.17, 15) is 0 Å². The zero-order chi connectivity index (χ0) is 38.1. The summed E-state index contributed by atoms with van der Waals surface area (Å²) in [4.78, 5) is 15.8. The third-order valence-corrected chi connectivity index (χ3v) is 10.8. The Morgan fingerprint density at radius 3 is 2.12 bits per heavy atom. The van der Waals surface area contributed by atoms with Gasteiger partial charge in [0.15, 0.2) is 17.5 Å². The van der Waals surface area contributed by atoms with Crippen LogP contribution >= 0.6 is 0 Å². The second-order valence-electron chi connectivity index (χ2n) is 14.6. The largest absolute Gasteiger partial charge is 0.460 e. The fourth-order valence-electron chi connectivity index (χ4n) is 7.95. The number of fused-ring (bicyclic) bond motifs is 4. The summed E-state index contributed by atoms with van der Waals surface area (Å²) in [6.45, 7) is 3.89. The van der Waals surface area contributed by atoms with E-state index < -0.39 is 0 Å². The van der Waals surface area contributed by atoms with Gasteiger partial charge in [-0.05, 0) is 114 Å². The molecule has 1 aliphatic rings. The van der Waals surface area contributed by atoms with Crippen LogP contribution in [0.5, 0.6) is 0 Å². The smallest absolute Gasteiger partial charge is 0.164 e. The van der Waals surface area contributed by atoms with Gasteiger partial charge >= 0.3 is 0 Å². The van der Waals surface area contributed by atoms with Crippen LogP contribution in [0.4, 0.5) is 0 Å². The Kier molecular flexibility index (Phi) is 8.96. The molecule has 10 rings (SSSR count). The van der Waals surface area contributed by atoms with Crippen molar-refractivity contribution in [3.8, 4) is 45.0 Å². The zero-order valence-corrected chi connectivity index (χ0v) is 31.5. The molecule has 0 spiro atoms. The summed E-state index contributed by atoms with van der Waals surface area (Å²) < 4.78 is 12.8. The Hall–Kier alpha value is -7.11. The molecular formula is C52H39N3O2. The number of aryl methyl sites for hydroxylation is 1. The Balaban J connectivity index is 1.17. The molecule has 0 saturated carbocycles. The van der Waals surface area contributed by atoms with E-state index in [0.29, 0.717) is 17.5 Å². The van der Waals surface area contributed by atoms with Gasteiger partial charge in [-0.3, -0.25) is 0 Å². The van der Waals surface area contributed by atoms with Gasteiger partial charge in [0.1, 0.15) is 22.5 Å². The number of rotatable bonds is 10. The predicted octanol–water partition coefficient (Wildman–Crippen LogP) is 14.0. The summed E-state index contributed by atoms with van der Waals surface area (Å²) >= 11 is 0. The van der Waals surface area contributed by atoms with Crippen LogP contribution in [0.15, 0.2) is 179 Å². The van der Waals surface area contributed by atoms with Crippen molar-refractivity contribution < 1.29 is 8.83 Å². The van der Waals surface area contributed by atoms with Crippen molar-refractivity contribution in [2.24, 2.45) is 0 Å². The Morgan fingerprint density at radius 1 is 0.561 bits per heavy atom. The maximum absolute atomic E-state index is 6.58. The van der Waals surface area contributed by atoms with Crippen LogP contribution in [0.2, 0.25) is 0 Å². The van der Waals surface area contributed by atoms with Crippen molar-refractivity contribution in [2.45, 2.75) is 32.1 Å². The van der Waals surface area contributed by atoms with E-state index in [1.807, 2.05) is 42.5 Å². The molecule has 5 nitrogen and oxygen atoms in total. The highest BCUT2D eigenvalue weighted by Crippen LogP contribution is 2.39. The van der Waals surface area contributed by atoms with E-state index in [1.54, 1.807) is 0 Å². The minimum atomic E-state index is 0.611. The molecule has 5 heteroatoms. The maximum atomic E-state index is 6.58. The first kappa shape index (κ1) is 34.4. The van der Waals surface area contributed by atoms with Crippen LogP contribution in [0, 0.1) is 0 Å². The normalized spacial score (nSPS) is 12.9. The van der Waals surface area contributed by atoms with E-state index in [0.717, 1.165) is 110 Å². The van der Waals surface area contributed by atoms with E-state index >= 15 is 0 Å². The van der Waals surface area contributed by atoms with Crippen LogP contribution in [-0.4, -0.2) is 15.0 Å². The van der Waals surface area contributed by atoms with Crippen molar-refractivity contribution in [3.05, 3.63) is 188 Å². The molecule has 0 fully saturated rings. The monoisotopic (exact) mass is 737 g/mol. The van der Waals surface area contributed by atoms with Crippen molar-refractivity contribution in [3.63, 3.8) is 0 Å². The predicted molar refractivity (Wildman–Crippen MR) is 233 cm³/mol. The highest BCUT2D eigenvalue weighted by Gasteiger charge is 2.20. The van der Waals surface area contributed by atoms with Crippen molar-refractivity contribution in [2.75, 3.05) is 0 Å². The molecule has 0 aliphatic heterocycles. The van der Waals surface area contributed by atoms with Crippen LogP contribution in [-0.2, 0) is 6.42 Å². The van der Waals surface area contributed by atoms with Gasteiger partial charge < -0.3 is 8.83 Å². The summed E-state index contributed by atoms with van der Waals surface area (Å²) in [7, 11) is 0. The van der Waals surface area contributed by atoms with E-state index in [1.165, 1.54) is 11.1 Å². The molecule has 0 amide bonds. The summed E-state index contributed by atoms with van der Waals surface area (Å²) in [6.07, 6.45) is 11.0. The van der Waals surface area contributed by atoms with Crippen LogP contribution in [0.3, 0.4) is 0 Å². The minimum Gasteiger partial charge on any atom is -0.460 e. The Labute approximate surface area is 331 Å². The first-order chi connectivity index (χ1) is 28.2. The van der Waals surface area contributed by atoms with Crippen LogP contribution in [0.1, 0.15) is 42.8 Å². The third-order valence-electron chi connectivity index (χ3n) is 10.8. The number of benzene rings is 6. The molecule has 0 unspecified atom stereocenters. The first-order valence-corrected chi connectivity index (χ1v) is 19.6. The average Bonchev–Trinajstić information content (AvgIpc) is 3.88. The lowest BCUT2D eigenvalue weighted by Crippen LogP contribution is -2.05. The fourth-order valence-corrected chi connectivity index (χ4v) is 7.95. The Bertz CT molecular complexity index is 3010. The van der Waals surface area contributed by atoms with Gasteiger partial charge in [-0.1, -0.05) is 109 Å². The standard InChI is InChI=1S/C52H39N3O2/c1-2-3-6-22-43-32-37-20-14-24-44(49(37)56-43)41-29-40(35-17-9-5-10-18-35)30-42(31-41)52-54-50(38-21-13-19-36(28-38)34-15-7-4-8-16-34)53-51(55-52)39-26-27-48-46(33-39)45-23-11-12-25-47(45)57-48/h2,4-5,7-12,14-20,23-33H,1,3,6,13,21-22H2. The number of nitrogens with zero attached hydrogens (tertiary/aromatic N) is 3. The topological polar surface area (TPSA) is 65.0 Å². The van der Waals surface area contributed by atoms with Gasteiger partial charge in [-0.15, -0.1) is 6.58 Å². The molecule has 0 saturated heterocycles. The summed E-state index contributed by atoms with van der Waals surface area (Å²) in [5.74, 6) is 2.89. The summed E-state index contributed by atoms with van der Waals surface area (Å²) in [5, 5.41) is 3.18. The van der Waals surface area contributed by atoms with Crippen LogP contribution < -0.4 is 0 Å². The fraction of sp³-hybridized carbons (Fsp3) is 0.0962. The number of unbranched alkanes of at least 4 members (excludes halogenated alkanes) is 1. The number of allylic oxidation sites excluding steroid dienone is 5. The quantitative estimate of drug-likeness (QED) is 0.103. The molecule has 57 heavy (non-hydrogen) atoms. The zero-order valence-electron chi connectivity index (χ0n) is 31.5. The van der Waals surface area contributed by atoms with Gasteiger partial charge in [-0.25, -0.2) is 15.0 Å². The summed E-state index contributed by atoms with van der Waals surface area (Å²) in [6, 6.07) is 50.6. The molecule has 274 valence electrons. The van der Waals surface area contributed by atoms with Crippen LogP contribution in [0.25, 0.3) is 89.1 Å². The van der Waals surface area contributed by atoms with Gasteiger partial charge in [-0.2, -0.15) is 0 Å². The lowest BCUT2D eigenvalue weighted by Gasteiger charge is -2.16. The number of furan rings is 2. The number of hydrogen-bond acceptors (Lipinski definition) is 5. The van der Waals surface area contributed by atoms with Gasteiger partial charge in [0.2, 0.25) is 0 Å². The van der Waals surface area contributed by atoms with E-state index in [4.69, 9.17) is 23.8 Å². The second kappa shape index (κ2) is 14.9. The maximum Gasteiger partial charge on any atom is 0.164 e. The van der Waals surface area contributed by atoms with Gasteiger partial charge in [0.25, 0.3) is 0 Å². The molecule has 9 aromatic rings. The number of para-hydroxylation sites is 2. The number of hydrogen-bond donors (Lipinski definition) is 0. The summed E-state index contributed by atoms with van der Waals surface area (Å²) in [5.41, 5.74) is 12.0. The molecule has 0 N–H and O–H groups in total. The molecule has 0 radical (unpaired) electrons. The lowest BCUT2D eigenvalue weighted by molar-refractivity contribution is 0.540. The molecule has 3 aromatic heterocycles. The van der Waals surface area contributed by atoms with E-state index in [-0.39, 0.29) is 0 Å². The molecule has 1 aliphatic carbocycles. The molecule has 6 aromatic carbocycles. The van der Waals surface area contributed by atoms with Crippen molar-refractivity contribution >= 4 is 44.1 Å². The molecule has 3 heterocycles. The first-order valence-electron chi connectivity index (χ1n) is 19.6. The number of aromatic nitrogens is 3. The highest BCUT2D eigenvalue weighted by atomic mass is 16.3. The second-order valence-corrected chi connectivity index (χ2v) is 14.6. The van der Waals surface area contributed by atoms with Crippen molar-refractivity contribution in [1.29, 1.82) is 0 Å².